The van der Waals surface area contributed by atoms with E-state index in [1.54, 1.807) is 12.1 Å². The zero-order chi connectivity index (χ0) is 25.4. The maximum atomic E-state index is 12.0. The molecule has 1 atom stereocenters. The van der Waals surface area contributed by atoms with Gasteiger partial charge in [-0.05, 0) is 73.9 Å². The molecular weight excluding hydrogens is 444 g/mol. The number of carbonyl (C=O) groups is 2. The predicted molar refractivity (Wildman–Crippen MR) is 136 cm³/mol. The van der Waals surface area contributed by atoms with Crippen molar-refractivity contribution in [2.45, 2.75) is 72.1 Å². The van der Waals surface area contributed by atoms with Gasteiger partial charge < -0.3 is 19.3 Å². The number of fused-ring (bicyclic) bond motifs is 1. The number of aryl methyl sites for hydroxylation is 2. The number of aromatic hydroxyl groups is 1. The summed E-state index contributed by atoms with van der Waals surface area (Å²) >= 11 is 0. The number of ketones is 1. The topological polar surface area (TPSA) is 82.1 Å². The van der Waals surface area contributed by atoms with Crippen LogP contribution < -0.4 is 9.47 Å². The van der Waals surface area contributed by atoms with Gasteiger partial charge in [0.15, 0.2) is 5.78 Å². The van der Waals surface area contributed by atoms with E-state index in [-0.39, 0.29) is 23.4 Å². The first kappa shape index (κ1) is 26.6. The highest BCUT2D eigenvalue weighted by Crippen LogP contribution is 2.34. The summed E-state index contributed by atoms with van der Waals surface area (Å²) in [5, 5.41) is 10.5. The minimum Gasteiger partial charge on any atom is -0.507 e. The van der Waals surface area contributed by atoms with Gasteiger partial charge in [0.1, 0.15) is 17.2 Å². The SMILES string of the molecule is CCCc1cc2c(cc1OCCCOc1ccc(C(C)=O)c(O)c1CCC)CC(C(=O)OC)CC2. The van der Waals surface area contributed by atoms with Gasteiger partial charge in [0.2, 0.25) is 0 Å². The summed E-state index contributed by atoms with van der Waals surface area (Å²) in [4.78, 5) is 23.8. The highest BCUT2D eigenvalue weighted by atomic mass is 16.5. The normalized spacial score (nSPS) is 14.8. The average molecular weight is 483 g/mol. The lowest BCUT2D eigenvalue weighted by Crippen LogP contribution is -2.24. The lowest BCUT2D eigenvalue weighted by atomic mass is 9.82. The average Bonchev–Trinajstić information content (AvgIpc) is 2.85. The molecule has 1 aliphatic rings. The predicted octanol–water partition coefficient (Wildman–Crippen LogP) is 5.63. The molecule has 3 rings (SSSR count). The quantitative estimate of drug-likeness (QED) is 0.240. The molecule has 6 nitrogen and oxygen atoms in total. The Morgan fingerprint density at radius 3 is 2.37 bits per heavy atom. The summed E-state index contributed by atoms with van der Waals surface area (Å²) in [6, 6.07) is 7.74. The van der Waals surface area contributed by atoms with Gasteiger partial charge in [0, 0.05) is 12.0 Å². The molecule has 1 aliphatic carbocycles. The Bertz CT molecular complexity index is 1040. The van der Waals surface area contributed by atoms with Crippen LogP contribution in [-0.2, 0) is 35.2 Å². The van der Waals surface area contributed by atoms with Crippen LogP contribution in [0.5, 0.6) is 17.2 Å². The Balaban J connectivity index is 1.63. The molecule has 1 unspecified atom stereocenters. The molecule has 6 heteroatoms. The van der Waals surface area contributed by atoms with Crippen molar-refractivity contribution in [1.29, 1.82) is 0 Å². The second kappa shape index (κ2) is 12.6. The number of hydrogen-bond acceptors (Lipinski definition) is 6. The van der Waals surface area contributed by atoms with Crippen molar-refractivity contribution in [3.63, 3.8) is 0 Å². The molecule has 0 saturated carbocycles. The van der Waals surface area contributed by atoms with Crippen molar-refractivity contribution < 1.29 is 28.9 Å². The summed E-state index contributed by atoms with van der Waals surface area (Å²) in [5.41, 5.74) is 4.69. The van der Waals surface area contributed by atoms with E-state index in [9.17, 15) is 14.7 Å². The molecule has 2 aromatic rings. The smallest absolute Gasteiger partial charge is 0.309 e. The molecule has 0 amide bonds. The highest BCUT2D eigenvalue weighted by Gasteiger charge is 2.26. The molecule has 0 heterocycles. The summed E-state index contributed by atoms with van der Waals surface area (Å²) in [6.45, 7) is 6.57. The zero-order valence-electron chi connectivity index (χ0n) is 21.4. The maximum Gasteiger partial charge on any atom is 0.309 e. The van der Waals surface area contributed by atoms with Crippen LogP contribution in [0.1, 0.15) is 79.1 Å². The van der Waals surface area contributed by atoms with Crippen LogP contribution in [0.2, 0.25) is 0 Å². The second-order valence-corrected chi connectivity index (χ2v) is 9.24. The van der Waals surface area contributed by atoms with Gasteiger partial charge in [-0.1, -0.05) is 32.8 Å². The number of benzene rings is 2. The van der Waals surface area contributed by atoms with Crippen molar-refractivity contribution in [2.75, 3.05) is 20.3 Å². The van der Waals surface area contributed by atoms with Gasteiger partial charge in [0.05, 0.1) is 31.8 Å². The lowest BCUT2D eigenvalue weighted by molar-refractivity contribution is -0.145. The third kappa shape index (κ3) is 6.56. The Morgan fingerprint density at radius 2 is 1.71 bits per heavy atom. The lowest BCUT2D eigenvalue weighted by Gasteiger charge is -2.25. The molecule has 0 aliphatic heterocycles. The molecule has 0 bridgehead atoms. The first-order valence-corrected chi connectivity index (χ1v) is 12.7. The van der Waals surface area contributed by atoms with Gasteiger partial charge >= 0.3 is 5.97 Å². The molecule has 0 radical (unpaired) electrons. The molecule has 0 aromatic heterocycles. The summed E-state index contributed by atoms with van der Waals surface area (Å²) in [6.07, 6.45) is 6.53. The van der Waals surface area contributed by atoms with Crippen LogP contribution in [0.3, 0.4) is 0 Å². The fourth-order valence-corrected chi connectivity index (χ4v) is 4.76. The highest BCUT2D eigenvalue weighted by molar-refractivity contribution is 5.97. The molecular formula is C29H38O6. The largest absolute Gasteiger partial charge is 0.507 e. The Kier molecular flexibility index (Phi) is 9.58. The molecule has 1 N–H and O–H groups in total. The third-order valence-electron chi connectivity index (χ3n) is 6.59. The molecule has 190 valence electrons. The number of phenols is 1. The van der Waals surface area contributed by atoms with Crippen molar-refractivity contribution in [1.82, 2.24) is 0 Å². The fourth-order valence-electron chi connectivity index (χ4n) is 4.76. The van der Waals surface area contributed by atoms with Crippen LogP contribution in [0.25, 0.3) is 0 Å². The summed E-state index contributed by atoms with van der Waals surface area (Å²) in [5.74, 6) is 1.13. The Hall–Kier alpha value is -3.02. The number of carbonyl (C=O) groups excluding carboxylic acids is 2. The van der Waals surface area contributed by atoms with Gasteiger partial charge in [-0.25, -0.2) is 0 Å². The molecule has 0 fully saturated rings. The van der Waals surface area contributed by atoms with E-state index in [2.05, 4.69) is 19.1 Å². The minimum atomic E-state index is -0.161. The second-order valence-electron chi connectivity index (χ2n) is 9.24. The number of hydrogen-bond donors (Lipinski definition) is 1. The van der Waals surface area contributed by atoms with Crippen LogP contribution >= 0.6 is 0 Å². The number of ether oxygens (including phenoxy) is 3. The van der Waals surface area contributed by atoms with Crippen LogP contribution in [0.4, 0.5) is 0 Å². The van der Waals surface area contributed by atoms with E-state index < -0.39 is 0 Å². The van der Waals surface area contributed by atoms with E-state index in [0.29, 0.717) is 49.4 Å². The number of methoxy groups -OCH3 is 1. The fraction of sp³-hybridized carbons (Fsp3) is 0.517. The molecule has 0 saturated heterocycles. The monoisotopic (exact) mass is 482 g/mol. The summed E-state index contributed by atoms with van der Waals surface area (Å²) in [7, 11) is 1.45. The standard InChI is InChI=1S/C29H38O6/c1-5-8-21-16-20-10-11-22(29(32)33-4)17-23(20)18-27(21)35-15-7-14-34-26-13-12-24(19(3)30)28(31)25(26)9-6-2/h12-13,16,18,22,31H,5-11,14-15,17H2,1-4H3. The van der Waals surface area contributed by atoms with Gasteiger partial charge in [-0.3, -0.25) is 9.59 Å². The maximum absolute atomic E-state index is 12.0. The summed E-state index contributed by atoms with van der Waals surface area (Å²) < 4.78 is 17.1. The van der Waals surface area contributed by atoms with Crippen LogP contribution in [-0.4, -0.2) is 37.2 Å². The van der Waals surface area contributed by atoms with E-state index in [1.165, 1.54) is 30.7 Å². The van der Waals surface area contributed by atoms with E-state index in [4.69, 9.17) is 14.2 Å². The zero-order valence-corrected chi connectivity index (χ0v) is 21.4. The van der Waals surface area contributed by atoms with Crippen molar-refractivity contribution in [2.24, 2.45) is 5.92 Å². The number of rotatable bonds is 12. The van der Waals surface area contributed by atoms with Gasteiger partial charge in [0.25, 0.3) is 0 Å². The van der Waals surface area contributed by atoms with Crippen molar-refractivity contribution >= 4 is 11.8 Å². The molecule has 2 aromatic carbocycles. The van der Waals surface area contributed by atoms with Gasteiger partial charge in [-0.2, -0.15) is 0 Å². The first-order valence-electron chi connectivity index (χ1n) is 12.7. The first-order chi connectivity index (χ1) is 16.9. The van der Waals surface area contributed by atoms with E-state index in [1.807, 2.05) is 6.92 Å². The molecule has 0 spiro atoms. The minimum absolute atomic E-state index is 0.0247. The van der Waals surface area contributed by atoms with E-state index >= 15 is 0 Å². The van der Waals surface area contributed by atoms with E-state index in [0.717, 1.165) is 37.9 Å². The Labute approximate surface area is 208 Å². The molecule has 35 heavy (non-hydrogen) atoms. The number of phenolic OH excluding ortho intramolecular Hbond substituents is 1. The number of esters is 1. The van der Waals surface area contributed by atoms with Crippen molar-refractivity contribution in [3.8, 4) is 17.2 Å². The third-order valence-corrected chi connectivity index (χ3v) is 6.59. The number of Topliss-reactive ketones (excluding diaryl/α,β-unsaturated/α-hetero) is 1. The van der Waals surface area contributed by atoms with Crippen LogP contribution in [0, 0.1) is 5.92 Å². The van der Waals surface area contributed by atoms with Gasteiger partial charge in [-0.15, -0.1) is 0 Å². The van der Waals surface area contributed by atoms with Crippen LogP contribution in [0.15, 0.2) is 24.3 Å². The Morgan fingerprint density at radius 1 is 1.00 bits per heavy atom. The van der Waals surface area contributed by atoms with Crippen molar-refractivity contribution in [3.05, 3.63) is 52.1 Å².